The molecule has 1 atom stereocenters. The van der Waals surface area contributed by atoms with Crippen LogP contribution in [0.5, 0.6) is 0 Å². The minimum absolute atomic E-state index is 0.0843. The minimum Gasteiger partial charge on any atom is -0.379 e. The molecule has 0 unspecified atom stereocenters. The van der Waals surface area contributed by atoms with Gasteiger partial charge in [0.2, 0.25) is 5.91 Å². The Morgan fingerprint density at radius 3 is 2.55 bits per heavy atom. The van der Waals surface area contributed by atoms with Crippen molar-refractivity contribution in [2.75, 3.05) is 45.9 Å². The number of hydrogen-bond acceptors (Lipinski definition) is 4. The van der Waals surface area contributed by atoms with Crippen molar-refractivity contribution in [2.45, 2.75) is 39.2 Å². The van der Waals surface area contributed by atoms with Gasteiger partial charge in [0.15, 0.2) is 0 Å². The zero-order valence-corrected chi connectivity index (χ0v) is 14.3. The molecular weight excluding hydrogens is 278 g/mol. The van der Waals surface area contributed by atoms with Crippen LogP contribution in [0.2, 0.25) is 0 Å². The van der Waals surface area contributed by atoms with E-state index >= 15 is 0 Å². The lowest BCUT2D eigenvalue weighted by molar-refractivity contribution is -0.133. The molecule has 0 bridgehead atoms. The smallest absolute Gasteiger partial charge is 0.239 e. The summed E-state index contributed by atoms with van der Waals surface area (Å²) in [6.07, 6.45) is 4.78. The summed E-state index contributed by atoms with van der Waals surface area (Å²) in [4.78, 5) is 16.8. The lowest BCUT2D eigenvalue weighted by atomic mass is 10.0. The van der Waals surface area contributed by atoms with Crippen molar-refractivity contribution in [1.82, 2.24) is 9.80 Å². The molecule has 0 aromatic carbocycles. The molecule has 128 valence electrons. The molecule has 22 heavy (non-hydrogen) atoms. The van der Waals surface area contributed by atoms with E-state index in [0.717, 1.165) is 65.2 Å². The maximum atomic E-state index is 12.5. The molecule has 0 radical (unpaired) electrons. The molecule has 1 saturated heterocycles. The summed E-state index contributed by atoms with van der Waals surface area (Å²) in [7, 11) is 0. The van der Waals surface area contributed by atoms with Crippen molar-refractivity contribution in [3.63, 3.8) is 0 Å². The molecule has 0 spiro atoms. The number of amides is 1. The number of morpholine rings is 1. The molecule has 1 heterocycles. The Bertz CT molecular complexity index is 328. The molecule has 1 fully saturated rings. The van der Waals surface area contributed by atoms with E-state index in [2.05, 4.69) is 11.5 Å². The predicted octanol–water partition coefficient (Wildman–Crippen LogP) is 1.49. The van der Waals surface area contributed by atoms with Gasteiger partial charge in [0, 0.05) is 32.7 Å². The highest BCUT2D eigenvalue weighted by atomic mass is 16.5. The fourth-order valence-electron chi connectivity index (χ4n) is 2.56. The second-order valence-electron chi connectivity index (χ2n) is 6.33. The number of unbranched alkanes of at least 4 members (excludes halogenated alkanes) is 1. The molecule has 0 aromatic rings. The van der Waals surface area contributed by atoms with Crippen LogP contribution in [-0.2, 0) is 9.53 Å². The van der Waals surface area contributed by atoms with Gasteiger partial charge in [0.05, 0.1) is 19.3 Å². The number of carbonyl (C=O) groups is 1. The van der Waals surface area contributed by atoms with Crippen LogP contribution < -0.4 is 5.73 Å². The Balaban J connectivity index is 2.42. The third-order valence-electron chi connectivity index (χ3n) is 4.16. The molecule has 2 N–H and O–H groups in total. The summed E-state index contributed by atoms with van der Waals surface area (Å²) in [5, 5.41) is 0. The Morgan fingerprint density at radius 2 is 1.95 bits per heavy atom. The van der Waals surface area contributed by atoms with Crippen LogP contribution in [0, 0.1) is 5.92 Å². The van der Waals surface area contributed by atoms with E-state index in [4.69, 9.17) is 10.5 Å². The maximum absolute atomic E-state index is 12.5. The Labute approximate surface area is 135 Å². The van der Waals surface area contributed by atoms with Crippen molar-refractivity contribution in [2.24, 2.45) is 11.7 Å². The van der Waals surface area contributed by atoms with Crippen molar-refractivity contribution >= 4 is 5.91 Å². The second kappa shape index (κ2) is 10.8. The number of hydrogen-bond donors (Lipinski definition) is 1. The van der Waals surface area contributed by atoms with E-state index in [0.29, 0.717) is 0 Å². The molecule has 1 aliphatic heterocycles. The van der Waals surface area contributed by atoms with Crippen molar-refractivity contribution in [3.05, 3.63) is 12.7 Å². The topological polar surface area (TPSA) is 58.8 Å². The van der Waals surface area contributed by atoms with Crippen LogP contribution in [0.1, 0.15) is 33.1 Å². The molecule has 1 amide bonds. The third kappa shape index (κ3) is 6.90. The van der Waals surface area contributed by atoms with E-state index in [1.807, 2.05) is 24.8 Å². The SMILES string of the molecule is C=CCCCN(CCCN1CCOCC1)C(=O)[C@@H](N)C(C)C. The molecular formula is C17H33N3O2. The zero-order chi connectivity index (χ0) is 16.4. The maximum Gasteiger partial charge on any atom is 0.239 e. The van der Waals surface area contributed by atoms with Gasteiger partial charge < -0.3 is 15.4 Å². The highest BCUT2D eigenvalue weighted by Gasteiger charge is 2.23. The second-order valence-corrected chi connectivity index (χ2v) is 6.33. The molecule has 5 heteroatoms. The van der Waals surface area contributed by atoms with E-state index in [-0.39, 0.29) is 11.8 Å². The fraction of sp³-hybridized carbons (Fsp3) is 0.824. The molecule has 0 aliphatic carbocycles. The Morgan fingerprint density at radius 1 is 1.32 bits per heavy atom. The summed E-state index contributed by atoms with van der Waals surface area (Å²) >= 11 is 0. The molecule has 5 nitrogen and oxygen atoms in total. The van der Waals surface area contributed by atoms with E-state index in [1.54, 1.807) is 0 Å². The van der Waals surface area contributed by atoms with Crippen LogP contribution in [0.25, 0.3) is 0 Å². The number of ether oxygens (including phenoxy) is 1. The molecule has 0 aromatic heterocycles. The van der Waals surface area contributed by atoms with Gasteiger partial charge in [-0.2, -0.15) is 0 Å². The molecule has 1 rings (SSSR count). The number of nitrogens with zero attached hydrogens (tertiary/aromatic N) is 2. The zero-order valence-electron chi connectivity index (χ0n) is 14.3. The predicted molar refractivity (Wildman–Crippen MR) is 90.7 cm³/mol. The van der Waals surface area contributed by atoms with E-state index < -0.39 is 6.04 Å². The number of rotatable bonds is 10. The van der Waals surface area contributed by atoms with Crippen LogP contribution in [-0.4, -0.2) is 67.7 Å². The van der Waals surface area contributed by atoms with Gasteiger partial charge >= 0.3 is 0 Å². The van der Waals surface area contributed by atoms with Gasteiger partial charge in [-0.05, 0) is 25.2 Å². The average Bonchev–Trinajstić information content (AvgIpc) is 2.53. The normalized spacial score (nSPS) is 17.5. The first-order chi connectivity index (χ1) is 10.6. The lowest BCUT2D eigenvalue weighted by Crippen LogP contribution is -2.47. The van der Waals surface area contributed by atoms with Crippen molar-refractivity contribution in [1.29, 1.82) is 0 Å². The number of carbonyl (C=O) groups excluding carboxylic acids is 1. The minimum atomic E-state index is -0.396. The first-order valence-electron chi connectivity index (χ1n) is 8.51. The standard InChI is InChI=1S/C17H33N3O2/c1-4-5-6-9-20(17(21)16(18)15(2)3)10-7-8-19-11-13-22-14-12-19/h4,15-16H,1,5-14,18H2,2-3H3/t16-/m0/s1. The summed E-state index contributed by atoms with van der Waals surface area (Å²) in [6, 6.07) is -0.396. The van der Waals surface area contributed by atoms with Crippen LogP contribution in [0.4, 0.5) is 0 Å². The Hall–Kier alpha value is -0.910. The number of allylic oxidation sites excluding steroid dienone is 1. The van der Waals surface area contributed by atoms with Gasteiger partial charge in [-0.3, -0.25) is 9.69 Å². The summed E-state index contributed by atoms with van der Waals surface area (Å²) in [6.45, 7) is 13.9. The van der Waals surface area contributed by atoms with E-state index in [9.17, 15) is 4.79 Å². The van der Waals surface area contributed by atoms with Gasteiger partial charge in [0.1, 0.15) is 0 Å². The van der Waals surface area contributed by atoms with E-state index in [1.165, 1.54) is 0 Å². The van der Waals surface area contributed by atoms with Crippen molar-refractivity contribution < 1.29 is 9.53 Å². The Kier molecular flexibility index (Phi) is 9.36. The van der Waals surface area contributed by atoms with Crippen molar-refractivity contribution in [3.8, 4) is 0 Å². The third-order valence-corrected chi connectivity index (χ3v) is 4.16. The summed E-state index contributed by atoms with van der Waals surface area (Å²) in [5.41, 5.74) is 6.04. The summed E-state index contributed by atoms with van der Waals surface area (Å²) in [5.74, 6) is 0.259. The van der Waals surface area contributed by atoms with Gasteiger partial charge in [-0.15, -0.1) is 6.58 Å². The number of nitrogens with two attached hydrogens (primary N) is 1. The summed E-state index contributed by atoms with van der Waals surface area (Å²) < 4.78 is 5.36. The lowest BCUT2D eigenvalue weighted by Gasteiger charge is -2.30. The van der Waals surface area contributed by atoms with Gasteiger partial charge in [-0.25, -0.2) is 0 Å². The first kappa shape index (κ1) is 19.1. The highest BCUT2D eigenvalue weighted by Crippen LogP contribution is 2.07. The van der Waals surface area contributed by atoms with Crippen LogP contribution in [0.15, 0.2) is 12.7 Å². The molecule has 0 saturated carbocycles. The van der Waals surface area contributed by atoms with Gasteiger partial charge in [0.25, 0.3) is 0 Å². The van der Waals surface area contributed by atoms with Gasteiger partial charge in [-0.1, -0.05) is 19.9 Å². The molecule has 1 aliphatic rings. The first-order valence-corrected chi connectivity index (χ1v) is 8.51. The largest absolute Gasteiger partial charge is 0.379 e. The average molecular weight is 311 g/mol. The monoisotopic (exact) mass is 311 g/mol. The quantitative estimate of drug-likeness (QED) is 0.490. The van der Waals surface area contributed by atoms with Crippen LogP contribution >= 0.6 is 0 Å². The van der Waals surface area contributed by atoms with Crippen LogP contribution in [0.3, 0.4) is 0 Å². The highest BCUT2D eigenvalue weighted by molar-refractivity contribution is 5.81. The fourth-order valence-corrected chi connectivity index (χ4v) is 2.56.